The zero-order valence-corrected chi connectivity index (χ0v) is 21.0. The van der Waals surface area contributed by atoms with Crippen molar-refractivity contribution in [1.29, 1.82) is 0 Å². The summed E-state index contributed by atoms with van der Waals surface area (Å²) in [5.74, 6) is 1.68. The molecule has 0 aromatic heterocycles. The third-order valence-corrected chi connectivity index (χ3v) is 5.60. The number of amides is 1. The summed E-state index contributed by atoms with van der Waals surface area (Å²) in [6.07, 6.45) is 1.40. The molecule has 0 radical (unpaired) electrons. The molecule has 3 N–H and O–H groups in total. The van der Waals surface area contributed by atoms with E-state index in [-0.39, 0.29) is 36.0 Å². The molecule has 1 amide bonds. The van der Waals surface area contributed by atoms with Gasteiger partial charge in [0.2, 0.25) is 0 Å². The van der Waals surface area contributed by atoms with Crippen LogP contribution in [0, 0.1) is 0 Å². The Bertz CT molecular complexity index is 829. The van der Waals surface area contributed by atoms with Crippen LogP contribution in [0.4, 0.5) is 5.69 Å². The van der Waals surface area contributed by atoms with E-state index in [0.717, 1.165) is 48.9 Å². The number of carbonyl (C=O) groups excluding carboxylic acids is 1. The van der Waals surface area contributed by atoms with Crippen LogP contribution in [0.5, 0.6) is 0 Å². The van der Waals surface area contributed by atoms with Gasteiger partial charge in [-0.1, -0.05) is 30.3 Å². The average molecular weight is 554 g/mol. The number of carbonyl (C=O) groups is 1. The molecule has 0 bridgehead atoms. The van der Waals surface area contributed by atoms with Crippen molar-refractivity contribution in [2.24, 2.45) is 4.99 Å². The molecule has 168 valence electrons. The second-order valence-electron chi connectivity index (χ2n) is 6.97. The third kappa shape index (κ3) is 9.08. The van der Waals surface area contributed by atoms with Gasteiger partial charge in [0, 0.05) is 36.0 Å². The quantitative estimate of drug-likeness (QED) is 0.142. The largest absolute Gasteiger partial charge is 0.368 e. The molecule has 1 atom stereocenters. The van der Waals surface area contributed by atoms with Crippen molar-refractivity contribution in [3.63, 3.8) is 0 Å². The van der Waals surface area contributed by atoms with Gasteiger partial charge in [0.1, 0.15) is 6.10 Å². The fraction of sp³-hybridized carbons (Fsp3) is 0.391. The summed E-state index contributed by atoms with van der Waals surface area (Å²) in [5.41, 5.74) is 1.82. The highest BCUT2D eigenvalue weighted by atomic mass is 127. The Balaban J connectivity index is 0.00000341. The number of anilines is 1. The van der Waals surface area contributed by atoms with E-state index in [9.17, 15) is 4.79 Å². The van der Waals surface area contributed by atoms with Crippen LogP contribution >= 0.6 is 35.7 Å². The van der Waals surface area contributed by atoms with E-state index in [1.165, 1.54) is 4.90 Å². The number of hydrogen-bond acceptors (Lipinski definition) is 4. The molecule has 0 saturated carbocycles. The third-order valence-electron chi connectivity index (χ3n) is 4.59. The Morgan fingerprint density at radius 2 is 2.00 bits per heavy atom. The molecule has 1 unspecified atom stereocenters. The van der Waals surface area contributed by atoms with Gasteiger partial charge < -0.3 is 20.7 Å². The van der Waals surface area contributed by atoms with Crippen LogP contribution in [0.2, 0.25) is 0 Å². The normalized spacial score (nSPS) is 15.8. The molecular formula is C23H31IN4O2S. The van der Waals surface area contributed by atoms with Gasteiger partial charge in [-0.3, -0.25) is 4.79 Å². The van der Waals surface area contributed by atoms with Gasteiger partial charge in [0.15, 0.2) is 5.96 Å². The van der Waals surface area contributed by atoms with Gasteiger partial charge in [0.25, 0.3) is 5.91 Å². The number of halogens is 1. The second-order valence-corrected chi connectivity index (χ2v) is 8.14. The van der Waals surface area contributed by atoms with Gasteiger partial charge >= 0.3 is 0 Å². The van der Waals surface area contributed by atoms with Gasteiger partial charge in [-0.25, -0.2) is 4.99 Å². The summed E-state index contributed by atoms with van der Waals surface area (Å²) in [6.45, 7) is 4.87. The van der Waals surface area contributed by atoms with E-state index >= 15 is 0 Å². The fourth-order valence-corrected chi connectivity index (χ4v) is 3.91. The SMILES string of the molecule is CCNC(=NCc1cccc(NC(=O)C2CCCO2)c1)NCCSc1ccccc1.I. The minimum atomic E-state index is -0.329. The molecule has 1 heterocycles. The molecule has 1 saturated heterocycles. The second kappa shape index (κ2) is 14.3. The zero-order chi connectivity index (χ0) is 21.0. The zero-order valence-electron chi connectivity index (χ0n) is 17.8. The lowest BCUT2D eigenvalue weighted by Crippen LogP contribution is -2.38. The average Bonchev–Trinajstić information content (AvgIpc) is 3.31. The van der Waals surface area contributed by atoms with E-state index in [1.807, 2.05) is 42.1 Å². The van der Waals surface area contributed by atoms with E-state index in [2.05, 4.69) is 52.1 Å². The number of aliphatic imine (C=N–C) groups is 1. The number of benzene rings is 2. The smallest absolute Gasteiger partial charge is 0.253 e. The molecule has 0 spiro atoms. The van der Waals surface area contributed by atoms with Crippen LogP contribution in [-0.4, -0.2) is 43.4 Å². The maximum Gasteiger partial charge on any atom is 0.253 e. The monoisotopic (exact) mass is 554 g/mol. The summed E-state index contributed by atoms with van der Waals surface area (Å²) in [4.78, 5) is 18.2. The molecule has 2 aromatic carbocycles. The standard InChI is InChI=1S/C23H30N4O2S.HI/c1-2-24-23(25-13-15-30-20-10-4-3-5-11-20)26-17-18-8-6-9-19(16-18)27-22(28)21-12-7-14-29-21;/h3-6,8-11,16,21H,2,7,12-15,17H2,1H3,(H,27,28)(H2,24,25,26);1H. The molecule has 3 rings (SSSR count). The number of nitrogens with one attached hydrogen (secondary N) is 3. The van der Waals surface area contributed by atoms with Gasteiger partial charge in [-0.05, 0) is 49.6 Å². The molecule has 8 heteroatoms. The lowest BCUT2D eigenvalue weighted by atomic mass is 10.2. The first kappa shape index (κ1) is 25.5. The van der Waals surface area contributed by atoms with Crippen LogP contribution in [0.25, 0.3) is 0 Å². The highest BCUT2D eigenvalue weighted by Gasteiger charge is 2.23. The first-order valence-electron chi connectivity index (χ1n) is 10.5. The number of nitrogens with zero attached hydrogens (tertiary/aromatic N) is 1. The van der Waals surface area contributed by atoms with Crippen molar-refractivity contribution < 1.29 is 9.53 Å². The van der Waals surface area contributed by atoms with Crippen molar-refractivity contribution >= 4 is 53.3 Å². The van der Waals surface area contributed by atoms with Crippen LogP contribution in [0.3, 0.4) is 0 Å². The van der Waals surface area contributed by atoms with Crippen molar-refractivity contribution in [3.8, 4) is 0 Å². The predicted molar refractivity (Wildman–Crippen MR) is 139 cm³/mol. The van der Waals surface area contributed by atoms with Gasteiger partial charge in [-0.2, -0.15) is 0 Å². The summed E-state index contributed by atoms with van der Waals surface area (Å²) in [5, 5.41) is 9.60. The highest BCUT2D eigenvalue weighted by molar-refractivity contribution is 14.0. The number of guanidine groups is 1. The Morgan fingerprint density at radius 3 is 2.74 bits per heavy atom. The molecule has 1 fully saturated rings. The molecule has 1 aliphatic rings. The lowest BCUT2D eigenvalue weighted by Gasteiger charge is -2.12. The molecule has 31 heavy (non-hydrogen) atoms. The van der Waals surface area contributed by atoms with Crippen LogP contribution in [-0.2, 0) is 16.1 Å². The van der Waals surface area contributed by atoms with Crippen molar-refractivity contribution in [1.82, 2.24) is 10.6 Å². The summed E-state index contributed by atoms with van der Waals surface area (Å²) in [6, 6.07) is 18.2. The number of thioether (sulfide) groups is 1. The topological polar surface area (TPSA) is 74.8 Å². The minimum absolute atomic E-state index is 0. The summed E-state index contributed by atoms with van der Waals surface area (Å²) < 4.78 is 5.45. The summed E-state index contributed by atoms with van der Waals surface area (Å²) >= 11 is 1.82. The Morgan fingerprint density at radius 1 is 1.16 bits per heavy atom. The lowest BCUT2D eigenvalue weighted by molar-refractivity contribution is -0.124. The molecule has 6 nitrogen and oxygen atoms in total. The maximum absolute atomic E-state index is 12.2. The first-order valence-corrected chi connectivity index (χ1v) is 11.4. The van der Waals surface area contributed by atoms with E-state index in [1.54, 1.807) is 0 Å². The molecule has 2 aromatic rings. The Hall–Kier alpha value is -1.78. The van der Waals surface area contributed by atoms with E-state index < -0.39 is 0 Å². The molecule has 1 aliphatic heterocycles. The Labute approximate surface area is 206 Å². The van der Waals surface area contributed by atoms with Crippen molar-refractivity contribution in [3.05, 3.63) is 60.2 Å². The van der Waals surface area contributed by atoms with Crippen molar-refractivity contribution in [2.45, 2.75) is 37.3 Å². The van der Waals surface area contributed by atoms with Crippen LogP contribution in [0.15, 0.2) is 64.5 Å². The van der Waals surface area contributed by atoms with Crippen LogP contribution < -0.4 is 16.0 Å². The van der Waals surface area contributed by atoms with E-state index in [4.69, 9.17) is 4.74 Å². The number of ether oxygens (including phenoxy) is 1. The number of rotatable bonds is 9. The van der Waals surface area contributed by atoms with Crippen LogP contribution in [0.1, 0.15) is 25.3 Å². The van der Waals surface area contributed by atoms with Crippen molar-refractivity contribution in [2.75, 3.05) is 30.8 Å². The van der Waals surface area contributed by atoms with Gasteiger partial charge in [0.05, 0.1) is 6.54 Å². The first-order chi connectivity index (χ1) is 14.7. The minimum Gasteiger partial charge on any atom is -0.368 e. The van der Waals surface area contributed by atoms with Gasteiger partial charge in [-0.15, -0.1) is 35.7 Å². The fourth-order valence-electron chi connectivity index (χ4n) is 3.12. The highest BCUT2D eigenvalue weighted by Crippen LogP contribution is 2.17. The maximum atomic E-state index is 12.2. The number of hydrogen-bond donors (Lipinski definition) is 3. The van der Waals surface area contributed by atoms with E-state index in [0.29, 0.717) is 13.2 Å². The molecular weight excluding hydrogens is 523 g/mol. The Kier molecular flexibility index (Phi) is 11.8. The predicted octanol–water partition coefficient (Wildman–Crippen LogP) is 4.27. The molecule has 0 aliphatic carbocycles. The summed E-state index contributed by atoms with van der Waals surface area (Å²) in [7, 11) is 0.